The minimum absolute atomic E-state index is 0.0767. The number of halogens is 1. The molecule has 0 aliphatic rings. The number of carbonyl (C=O) groups excluding carboxylic acids is 1. The molecule has 6 nitrogen and oxygen atoms in total. The lowest BCUT2D eigenvalue weighted by atomic mass is 10.3. The van der Waals surface area contributed by atoms with E-state index in [0.29, 0.717) is 10.8 Å². The van der Waals surface area contributed by atoms with Gasteiger partial charge in [0.25, 0.3) is 5.69 Å². The van der Waals surface area contributed by atoms with Gasteiger partial charge in [-0.1, -0.05) is 11.6 Å². The fourth-order valence-electron chi connectivity index (χ4n) is 1.47. The van der Waals surface area contributed by atoms with E-state index in [4.69, 9.17) is 21.1 Å². The normalized spacial score (nSPS) is 9.95. The van der Waals surface area contributed by atoms with Crippen molar-refractivity contribution in [3.63, 3.8) is 0 Å². The largest absolute Gasteiger partial charge is 0.482 e. The molecule has 7 heteroatoms. The van der Waals surface area contributed by atoms with E-state index in [1.807, 2.05) is 0 Å². The van der Waals surface area contributed by atoms with Gasteiger partial charge >= 0.3 is 5.97 Å². The first-order valence-corrected chi connectivity index (χ1v) is 6.26. The molecule has 2 rings (SSSR count). The van der Waals surface area contributed by atoms with Crippen LogP contribution in [0.25, 0.3) is 0 Å². The molecule has 0 bridgehead atoms. The summed E-state index contributed by atoms with van der Waals surface area (Å²) in [6, 6.07) is 11.7. The topological polar surface area (TPSA) is 78.7 Å². The minimum atomic E-state index is -0.612. The number of ether oxygens (including phenoxy) is 2. The summed E-state index contributed by atoms with van der Waals surface area (Å²) in [5.41, 5.74) is -0.0767. The zero-order valence-electron chi connectivity index (χ0n) is 10.7. The fourth-order valence-corrected chi connectivity index (χ4v) is 1.60. The number of hydrogen-bond acceptors (Lipinski definition) is 5. The van der Waals surface area contributed by atoms with Crippen molar-refractivity contribution in [2.75, 3.05) is 6.61 Å². The maximum absolute atomic E-state index is 11.6. The van der Waals surface area contributed by atoms with Gasteiger partial charge in [0.15, 0.2) is 6.61 Å². The molecule has 0 heterocycles. The quantitative estimate of drug-likeness (QED) is 0.367. The average molecular weight is 308 g/mol. The molecule has 108 valence electrons. The van der Waals surface area contributed by atoms with Gasteiger partial charge in [-0.3, -0.25) is 10.1 Å². The van der Waals surface area contributed by atoms with Crippen LogP contribution in [-0.2, 0) is 4.79 Å². The number of benzene rings is 2. The van der Waals surface area contributed by atoms with E-state index in [1.54, 1.807) is 24.3 Å². The Morgan fingerprint density at radius 1 is 1.05 bits per heavy atom. The Labute approximate surface area is 125 Å². The summed E-state index contributed by atoms with van der Waals surface area (Å²) in [6.07, 6.45) is 0. The van der Waals surface area contributed by atoms with Crippen LogP contribution in [0.1, 0.15) is 0 Å². The zero-order valence-corrected chi connectivity index (χ0v) is 11.4. The Morgan fingerprint density at radius 3 is 2.19 bits per heavy atom. The van der Waals surface area contributed by atoms with Crippen LogP contribution in [0.5, 0.6) is 11.5 Å². The van der Waals surface area contributed by atoms with Gasteiger partial charge in [0, 0.05) is 17.2 Å². The van der Waals surface area contributed by atoms with Gasteiger partial charge in [-0.25, -0.2) is 4.79 Å². The first kappa shape index (κ1) is 14.8. The van der Waals surface area contributed by atoms with Crippen LogP contribution in [0, 0.1) is 10.1 Å². The monoisotopic (exact) mass is 307 g/mol. The number of non-ortho nitro benzene ring substituents is 1. The van der Waals surface area contributed by atoms with E-state index < -0.39 is 10.9 Å². The molecule has 0 fully saturated rings. The lowest BCUT2D eigenvalue weighted by Crippen LogP contribution is -2.17. The number of rotatable bonds is 5. The third kappa shape index (κ3) is 4.47. The zero-order chi connectivity index (χ0) is 15.2. The average Bonchev–Trinajstić information content (AvgIpc) is 2.47. The van der Waals surface area contributed by atoms with Crippen molar-refractivity contribution in [1.29, 1.82) is 0 Å². The SMILES string of the molecule is O=C(COc1ccc(Cl)cc1)Oc1ccc([N+](=O)[O-])cc1. The molecule has 2 aromatic rings. The second kappa shape index (κ2) is 6.71. The van der Waals surface area contributed by atoms with Crippen LogP contribution >= 0.6 is 11.6 Å². The highest BCUT2D eigenvalue weighted by atomic mass is 35.5. The Morgan fingerprint density at radius 2 is 1.62 bits per heavy atom. The van der Waals surface area contributed by atoms with Gasteiger partial charge in [-0.05, 0) is 36.4 Å². The van der Waals surface area contributed by atoms with Gasteiger partial charge in [-0.15, -0.1) is 0 Å². The van der Waals surface area contributed by atoms with E-state index in [2.05, 4.69) is 0 Å². The standard InChI is InChI=1S/C14H10ClNO5/c15-10-1-5-12(6-2-10)20-9-14(17)21-13-7-3-11(4-8-13)16(18)19/h1-8H,9H2. The maximum Gasteiger partial charge on any atom is 0.349 e. The Balaban J connectivity index is 1.86. The number of nitro benzene ring substituents is 1. The van der Waals surface area contributed by atoms with Crippen molar-refractivity contribution in [2.24, 2.45) is 0 Å². The molecule has 2 aromatic carbocycles. The molecule has 0 spiro atoms. The van der Waals surface area contributed by atoms with Crippen LogP contribution in [0.3, 0.4) is 0 Å². The van der Waals surface area contributed by atoms with E-state index in [0.717, 1.165) is 0 Å². The highest BCUT2D eigenvalue weighted by Gasteiger charge is 2.09. The number of esters is 1. The molecule has 21 heavy (non-hydrogen) atoms. The predicted octanol–water partition coefficient (Wildman–Crippen LogP) is 3.23. The molecule has 0 radical (unpaired) electrons. The van der Waals surface area contributed by atoms with E-state index >= 15 is 0 Å². The van der Waals surface area contributed by atoms with Gasteiger partial charge in [0.05, 0.1) is 4.92 Å². The van der Waals surface area contributed by atoms with Crippen LogP contribution in [0.15, 0.2) is 48.5 Å². The summed E-state index contributed by atoms with van der Waals surface area (Å²) in [5, 5.41) is 11.1. The first-order valence-electron chi connectivity index (χ1n) is 5.88. The van der Waals surface area contributed by atoms with E-state index in [1.165, 1.54) is 24.3 Å². The lowest BCUT2D eigenvalue weighted by molar-refractivity contribution is -0.384. The van der Waals surface area contributed by atoms with Crippen molar-refractivity contribution in [1.82, 2.24) is 0 Å². The number of carbonyl (C=O) groups is 1. The Kier molecular flexibility index (Phi) is 4.73. The molecule has 0 amide bonds. The number of nitro groups is 1. The third-order valence-electron chi connectivity index (χ3n) is 2.45. The predicted molar refractivity (Wildman–Crippen MR) is 75.7 cm³/mol. The van der Waals surface area contributed by atoms with Crippen molar-refractivity contribution in [3.8, 4) is 11.5 Å². The maximum atomic E-state index is 11.6. The Bertz CT molecular complexity index is 639. The molecule has 0 saturated carbocycles. The second-order valence-electron chi connectivity index (χ2n) is 3.97. The van der Waals surface area contributed by atoms with E-state index in [-0.39, 0.29) is 18.0 Å². The van der Waals surface area contributed by atoms with Crippen LogP contribution in [0.2, 0.25) is 5.02 Å². The van der Waals surface area contributed by atoms with Crippen LogP contribution in [-0.4, -0.2) is 17.5 Å². The van der Waals surface area contributed by atoms with Gasteiger partial charge in [0.1, 0.15) is 11.5 Å². The van der Waals surface area contributed by atoms with Crippen molar-refractivity contribution in [3.05, 3.63) is 63.7 Å². The summed E-state index contributed by atoms with van der Waals surface area (Å²) in [6.45, 7) is -0.279. The second-order valence-corrected chi connectivity index (χ2v) is 4.40. The van der Waals surface area contributed by atoms with Crippen molar-refractivity contribution < 1.29 is 19.2 Å². The lowest BCUT2D eigenvalue weighted by Gasteiger charge is -2.06. The molecule has 0 aliphatic heterocycles. The van der Waals surface area contributed by atoms with Gasteiger partial charge in [0.2, 0.25) is 0 Å². The molecule has 0 N–H and O–H groups in total. The molecule has 0 unspecified atom stereocenters. The van der Waals surface area contributed by atoms with Crippen LogP contribution in [0.4, 0.5) is 5.69 Å². The first-order chi connectivity index (χ1) is 10.0. The van der Waals surface area contributed by atoms with Crippen LogP contribution < -0.4 is 9.47 Å². The van der Waals surface area contributed by atoms with E-state index in [9.17, 15) is 14.9 Å². The molecule has 0 aliphatic carbocycles. The third-order valence-corrected chi connectivity index (χ3v) is 2.70. The smallest absolute Gasteiger partial charge is 0.349 e. The number of nitrogens with zero attached hydrogens (tertiary/aromatic N) is 1. The molecular weight excluding hydrogens is 298 g/mol. The highest BCUT2D eigenvalue weighted by molar-refractivity contribution is 6.30. The molecule has 0 aromatic heterocycles. The summed E-state index contributed by atoms with van der Waals surface area (Å²) in [4.78, 5) is 21.5. The van der Waals surface area contributed by atoms with Gasteiger partial charge in [-0.2, -0.15) is 0 Å². The molecular formula is C14H10ClNO5. The molecule has 0 atom stereocenters. The summed E-state index contributed by atoms with van der Waals surface area (Å²) >= 11 is 5.72. The summed E-state index contributed by atoms with van der Waals surface area (Å²) < 4.78 is 10.2. The minimum Gasteiger partial charge on any atom is -0.482 e. The summed E-state index contributed by atoms with van der Waals surface area (Å²) in [5.74, 6) is 0.0872. The fraction of sp³-hybridized carbons (Fsp3) is 0.0714. The molecule has 0 saturated heterocycles. The van der Waals surface area contributed by atoms with Crippen molar-refractivity contribution >= 4 is 23.3 Å². The van der Waals surface area contributed by atoms with Gasteiger partial charge < -0.3 is 9.47 Å². The summed E-state index contributed by atoms with van der Waals surface area (Å²) in [7, 11) is 0. The van der Waals surface area contributed by atoms with Crippen molar-refractivity contribution in [2.45, 2.75) is 0 Å². The number of hydrogen-bond donors (Lipinski definition) is 0. The Hall–Kier alpha value is -2.60. The highest BCUT2D eigenvalue weighted by Crippen LogP contribution is 2.18.